The van der Waals surface area contributed by atoms with Crippen LogP contribution in [0.3, 0.4) is 0 Å². The summed E-state index contributed by atoms with van der Waals surface area (Å²) >= 11 is 0. The molecule has 0 atom stereocenters. The maximum atomic E-state index is 11.4. The molecular weight excluding hydrogens is 148 g/mol. The molecule has 0 bridgehead atoms. The van der Waals surface area contributed by atoms with Crippen LogP contribution < -0.4 is 0 Å². The Balaban J connectivity index is 4.03. The van der Waals surface area contributed by atoms with Crippen LogP contribution in [0, 0.1) is 0 Å². The Hall–Kier alpha value is -0.850. The number of ketones is 1. The number of Topliss-reactive ketones (excluding diaryl/α,β-unsaturated/α-hetero) is 1. The van der Waals surface area contributed by atoms with Gasteiger partial charge in [-0.25, -0.2) is 0 Å². The first-order valence-electron chi connectivity index (χ1n) is 4.61. The molecule has 0 aliphatic carbocycles. The highest BCUT2D eigenvalue weighted by molar-refractivity contribution is 5.95. The van der Waals surface area contributed by atoms with Gasteiger partial charge in [0.15, 0.2) is 5.78 Å². The first-order valence-corrected chi connectivity index (χ1v) is 4.61. The Morgan fingerprint density at radius 1 is 1.42 bits per heavy atom. The van der Waals surface area contributed by atoms with Crippen LogP contribution in [0.4, 0.5) is 0 Å². The maximum Gasteiger partial charge on any atom is 0.158 e. The first-order chi connectivity index (χ1) is 5.76. The molecule has 1 heteroatoms. The van der Waals surface area contributed by atoms with Crippen molar-refractivity contribution in [1.29, 1.82) is 0 Å². The SMILES string of the molecule is C=CC=C(CC)C(=O)CCCC. The molecule has 1 nitrogen and oxygen atoms in total. The molecule has 0 fully saturated rings. The van der Waals surface area contributed by atoms with Crippen molar-refractivity contribution < 1.29 is 4.79 Å². The summed E-state index contributed by atoms with van der Waals surface area (Å²) in [6.45, 7) is 7.68. The van der Waals surface area contributed by atoms with Gasteiger partial charge in [-0.2, -0.15) is 0 Å². The highest BCUT2D eigenvalue weighted by atomic mass is 16.1. The minimum Gasteiger partial charge on any atom is -0.295 e. The lowest BCUT2D eigenvalue weighted by Crippen LogP contribution is -2.00. The third-order valence-corrected chi connectivity index (χ3v) is 1.82. The van der Waals surface area contributed by atoms with Crippen LogP contribution >= 0.6 is 0 Å². The van der Waals surface area contributed by atoms with Crippen LogP contribution in [0.15, 0.2) is 24.3 Å². The molecule has 12 heavy (non-hydrogen) atoms. The Kier molecular flexibility index (Phi) is 6.35. The molecule has 0 rings (SSSR count). The number of carbonyl (C=O) groups excluding carboxylic acids is 1. The normalized spacial score (nSPS) is 11.3. The average Bonchev–Trinajstić information content (AvgIpc) is 2.10. The lowest BCUT2D eigenvalue weighted by atomic mass is 10.0. The fourth-order valence-corrected chi connectivity index (χ4v) is 1.05. The van der Waals surface area contributed by atoms with Gasteiger partial charge < -0.3 is 0 Å². The molecular formula is C11H18O. The third kappa shape index (κ3) is 4.12. The molecule has 0 heterocycles. The largest absolute Gasteiger partial charge is 0.295 e. The molecule has 0 aromatic rings. The number of rotatable bonds is 6. The number of unbranched alkanes of at least 4 members (excludes halogenated alkanes) is 1. The van der Waals surface area contributed by atoms with E-state index < -0.39 is 0 Å². The van der Waals surface area contributed by atoms with Gasteiger partial charge in [-0.05, 0) is 18.4 Å². The highest BCUT2D eigenvalue weighted by Crippen LogP contribution is 2.08. The van der Waals surface area contributed by atoms with E-state index in [1.54, 1.807) is 6.08 Å². The second-order valence-corrected chi connectivity index (χ2v) is 2.81. The van der Waals surface area contributed by atoms with Gasteiger partial charge in [-0.1, -0.05) is 39.0 Å². The summed E-state index contributed by atoms with van der Waals surface area (Å²) in [7, 11) is 0. The number of hydrogen-bond donors (Lipinski definition) is 0. The lowest BCUT2D eigenvalue weighted by Gasteiger charge is -2.00. The summed E-state index contributed by atoms with van der Waals surface area (Å²) in [6, 6.07) is 0. The Bertz CT molecular complexity index is 177. The number of carbonyl (C=O) groups is 1. The van der Waals surface area contributed by atoms with E-state index >= 15 is 0 Å². The van der Waals surface area contributed by atoms with Crippen molar-refractivity contribution in [3.63, 3.8) is 0 Å². The molecule has 0 unspecified atom stereocenters. The van der Waals surface area contributed by atoms with Gasteiger partial charge in [0.05, 0.1) is 0 Å². The molecule has 0 aliphatic heterocycles. The fraction of sp³-hybridized carbons (Fsp3) is 0.545. The van der Waals surface area contributed by atoms with E-state index in [0.29, 0.717) is 6.42 Å². The number of allylic oxidation sites excluding steroid dienone is 3. The second-order valence-electron chi connectivity index (χ2n) is 2.81. The summed E-state index contributed by atoms with van der Waals surface area (Å²) in [5.74, 6) is 0.277. The summed E-state index contributed by atoms with van der Waals surface area (Å²) < 4.78 is 0. The van der Waals surface area contributed by atoms with Crippen LogP contribution in [0.25, 0.3) is 0 Å². The van der Waals surface area contributed by atoms with Gasteiger partial charge in [0.1, 0.15) is 0 Å². The van der Waals surface area contributed by atoms with E-state index in [1.165, 1.54) is 0 Å². The molecule has 0 spiro atoms. The average molecular weight is 166 g/mol. The van der Waals surface area contributed by atoms with Crippen molar-refractivity contribution in [2.45, 2.75) is 39.5 Å². The van der Waals surface area contributed by atoms with E-state index in [2.05, 4.69) is 13.5 Å². The number of hydrogen-bond acceptors (Lipinski definition) is 1. The van der Waals surface area contributed by atoms with Crippen molar-refractivity contribution >= 4 is 5.78 Å². The smallest absolute Gasteiger partial charge is 0.158 e. The van der Waals surface area contributed by atoms with Crippen molar-refractivity contribution in [2.75, 3.05) is 0 Å². The summed E-state index contributed by atoms with van der Waals surface area (Å²) in [6.07, 6.45) is 7.07. The van der Waals surface area contributed by atoms with Gasteiger partial charge in [0.2, 0.25) is 0 Å². The molecule has 68 valence electrons. The van der Waals surface area contributed by atoms with E-state index in [0.717, 1.165) is 24.8 Å². The minimum atomic E-state index is 0.277. The van der Waals surface area contributed by atoms with Crippen molar-refractivity contribution in [3.8, 4) is 0 Å². The Morgan fingerprint density at radius 3 is 2.50 bits per heavy atom. The Labute approximate surface area is 75.2 Å². The molecule has 0 saturated carbocycles. The van der Waals surface area contributed by atoms with Gasteiger partial charge in [-0.3, -0.25) is 4.79 Å². The topological polar surface area (TPSA) is 17.1 Å². The highest BCUT2D eigenvalue weighted by Gasteiger charge is 2.04. The summed E-state index contributed by atoms with van der Waals surface area (Å²) in [5, 5.41) is 0. The molecule has 0 aliphatic rings. The second kappa shape index (κ2) is 6.84. The fourth-order valence-electron chi connectivity index (χ4n) is 1.05. The van der Waals surface area contributed by atoms with E-state index in [9.17, 15) is 4.79 Å². The molecule has 0 N–H and O–H groups in total. The molecule has 0 aromatic heterocycles. The van der Waals surface area contributed by atoms with Gasteiger partial charge in [0.25, 0.3) is 0 Å². The van der Waals surface area contributed by atoms with Gasteiger partial charge in [0, 0.05) is 6.42 Å². The van der Waals surface area contributed by atoms with Gasteiger partial charge in [-0.15, -0.1) is 0 Å². The van der Waals surface area contributed by atoms with Crippen molar-refractivity contribution in [2.24, 2.45) is 0 Å². The molecule has 0 aromatic carbocycles. The first kappa shape index (κ1) is 11.2. The Morgan fingerprint density at radius 2 is 2.08 bits per heavy atom. The monoisotopic (exact) mass is 166 g/mol. The third-order valence-electron chi connectivity index (χ3n) is 1.82. The van der Waals surface area contributed by atoms with E-state index in [4.69, 9.17) is 0 Å². The van der Waals surface area contributed by atoms with Crippen LogP contribution in [0.5, 0.6) is 0 Å². The zero-order chi connectivity index (χ0) is 9.40. The maximum absolute atomic E-state index is 11.4. The minimum absolute atomic E-state index is 0.277. The van der Waals surface area contributed by atoms with Gasteiger partial charge >= 0.3 is 0 Å². The molecule has 0 radical (unpaired) electrons. The van der Waals surface area contributed by atoms with E-state index in [-0.39, 0.29) is 5.78 Å². The molecule has 0 amide bonds. The summed E-state index contributed by atoms with van der Waals surface area (Å²) in [5.41, 5.74) is 0.901. The van der Waals surface area contributed by atoms with Crippen LogP contribution in [-0.4, -0.2) is 5.78 Å². The van der Waals surface area contributed by atoms with Crippen LogP contribution in [0.2, 0.25) is 0 Å². The zero-order valence-electron chi connectivity index (χ0n) is 8.10. The van der Waals surface area contributed by atoms with Crippen molar-refractivity contribution in [1.82, 2.24) is 0 Å². The summed E-state index contributed by atoms with van der Waals surface area (Å²) in [4.78, 5) is 11.4. The zero-order valence-corrected chi connectivity index (χ0v) is 8.10. The predicted octanol–water partition coefficient (Wildman–Crippen LogP) is 3.27. The lowest BCUT2D eigenvalue weighted by molar-refractivity contribution is -0.115. The molecule has 0 saturated heterocycles. The quantitative estimate of drug-likeness (QED) is 0.437. The van der Waals surface area contributed by atoms with Crippen LogP contribution in [0.1, 0.15) is 39.5 Å². The standard InChI is InChI=1S/C11H18O/c1-4-7-9-11(12)10(6-3)8-5-2/h5,8H,2,4,6-7,9H2,1,3H3. The van der Waals surface area contributed by atoms with Crippen molar-refractivity contribution in [3.05, 3.63) is 24.3 Å². The van der Waals surface area contributed by atoms with Crippen LogP contribution in [-0.2, 0) is 4.79 Å². The van der Waals surface area contributed by atoms with E-state index in [1.807, 2.05) is 13.0 Å². The predicted molar refractivity (Wildman–Crippen MR) is 53.1 cm³/mol.